The van der Waals surface area contributed by atoms with E-state index < -0.39 is 67.6 Å². The summed E-state index contributed by atoms with van der Waals surface area (Å²) in [5.74, 6) is -6.39. The van der Waals surface area contributed by atoms with Gasteiger partial charge < -0.3 is 20.6 Å². The molecule has 3 atom stereocenters. The van der Waals surface area contributed by atoms with Crippen LogP contribution in [0.5, 0.6) is 0 Å². The summed E-state index contributed by atoms with van der Waals surface area (Å²) in [5.41, 5.74) is -3.23. The maximum atomic E-state index is 13.5. The van der Waals surface area contributed by atoms with Crippen LogP contribution in [0.1, 0.15) is 49.9 Å². The Kier molecular flexibility index (Phi) is 7.17. The van der Waals surface area contributed by atoms with Crippen molar-refractivity contribution in [2.75, 3.05) is 5.32 Å². The summed E-state index contributed by atoms with van der Waals surface area (Å²) in [4.78, 5) is 12.4. The number of carbonyl (C=O) groups excluding carboxylic acids is 1. The SMILES string of the molecule is CC(C)(O)C(O)CC1(O)C2CC1CC(S(=O)(=O)c1cc(C(=O)Nc3cc(F)c(F)c(F)c3)ccc1Cl)C2. The van der Waals surface area contributed by atoms with Gasteiger partial charge in [-0.15, -0.1) is 0 Å². The maximum Gasteiger partial charge on any atom is 0.255 e. The Bertz CT molecular complexity index is 1310. The van der Waals surface area contributed by atoms with Crippen LogP contribution in [0.15, 0.2) is 35.2 Å². The molecule has 37 heavy (non-hydrogen) atoms. The van der Waals surface area contributed by atoms with E-state index in [0.29, 0.717) is 18.6 Å². The highest BCUT2D eigenvalue weighted by Gasteiger charge is 2.61. The van der Waals surface area contributed by atoms with Crippen LogP contribution in [-0.2, 0) is 9.84 Å². The Hall–Kier alpha value is -2.18. The topological polar surface area (TPSA) is 124 Å². The lowest BCUT2D eigenvalue weighted by molar-refractivity contribution is -0.206. The van der Waals surface area contributed by atoms with Crippen LogP contribution < -0.4 is 5.32 Å². The predicted molar refractivity (Wildman–Crippen MR) is 129 cm³/mol. The number of amides is 1. The van der Waals surface area contributed by atoms with Gasteiger partial charge in [0.25, 0.3) is 5.91 Å². The number of hydrogen-bond donors (Lipinski definition) is 4. The zero-order valence-electron chi connectivity index (χ0n) is 20.0. The van der Waals surface area contributed by atoms with Crippen molar-refractivity contribution in [1.29, 1.82) is 0 Å². The van der Waals surface area contributed by atoms with Crippen molar-refractivity contribution in [2.24, 2.45) is 11.8 Å². The van der Waals surface area contributed by atoms with Gasteiger partial charge in [0, 0.05) is 29.8 Å². The van der Waals surface area contributed by atoms with Crippen LogP contribution in [0, 0.1) is 29.3 Å². The lowest BCUT2D eigenvalue weighted by Crippen LogP contribution is -2.64. The van der Waals surface area contributed by atoms with Gasteiger partial charge in [-0.2, -0.15) is 0 Å². The second kappa shape index (κ2) is 9.53. The van der Waals surface area contributed by atoms with Gasteiger partial charge >= 0.3 is 0 Å². The molecule has 3 unspecified atom stereocenters. The van der Waals surface area contributed by atoms with Gasteiger partial charge in [-0.1, -0.05) is 11.6 Å². The smallest absolute Gasteiger partial charge is 0.255 e. The van der Waals surface area contributed by atoms with E-state index in [1.54, 1.807) is 0 Å². The first-order valence-electron chi connectivity index (χ1n) is 11.7. The van der Waals surface area contributed by atoms with E-state index in [9.17, 15) is 41.7 Å². The van der Waals surface area contributed by atoms with Crippen molar-refractivity contribution in [2.45, 2.75) is 67.0 Å². The molecule has 12 heteroatoms. The number of hydrogen-bond acceptors (Lipinski definition) is 6. The molecule has 0 radical (unpaired) electrons. The molecule has 2 aromatic carbocycles. The van der Waals surface area contributed by atoms with Gasteiger partial charge in [-0.3, -0.25) is 4.79 Å². The molecule has 2 bridgehead atoms. The number of aliphatic hydroxyl groups excluding tert-OH is 1. The molecule has 3 aliphatic rings. The predicted octanol–water partition coefficient (Wildman–Crippen LogP) is 3.83. The number of fused-ring (bicyclic) bond motifs is 2. The molecular weight excluding hydrogens is 535 g/mol. The molecule has 1 amide bonds. The van der Waals surface area contributed by atoms with Crippen molar-refractivity contribution in [1.82, 2.24) is 0 Å². The molecule has 3 aliphatic carbocycles. The molecule has 5 rings (SSSR count). The minimum atomic E-state index is -4.05. The Morgan fingerprint density at radius 1 is 1.14 bits per heavy atom. The van der Waals surface area contributed by atoms with Crippen molar-refractivity contribution >= 4 is 33.0 Å². The average Bonchev–Trinajstić information content (AvgIpc) is 2.81. The van der Waals surface area contributed by atoms with Crippen molar-refractivity contribution in [3.63, 3.8) is 0 Å². The largest absolute Gasteiger partial charge is 0.390 e. The van der Waals surface area contributed by atoms with Crippen LogP contribution in [0.4, 0.5) is 18.9 Å². The fourth-order valence-electron chi connectivity index (χ4n) is 5.28. The molecule has 7 nitrogen and oxygen atoms in total. The van der Waals surface area contributed by atoms with E-state index in [-0.39, 0.29) is 40.4 Å². The number of rotatable bonds is 7. The molecular formula is C25H27ClF3NO6S. The third-order valence-electron chi connectivity index (χ3n) is 7.59. The number of aliphatic hydroxyl groups is 3. The Morgan fingerprint density at radius 3 is 2.24 bits per heavy atom. The van der Waals surface area contributed by atoms with E-state index in [0.717, 1.165) is 6.07 Å². The fourth-order valence-corrected chi connectivity index (χ4v) is 7.68. The molecule has 0 aliphatic heterocycles. The molecule has 202 valence electrons. The third kappa shape index (κ3) is 5.12. The minimum absolute atomic E-state index is 0.0837. The van der Waals surface area contributed by atoms with Crippen molar-refractivity contribution in [3.05, 3.63) is 58.4 Å². The Morgan fingerprint density at radius 2 is 1.70 bits per heavy atom. The van der Waals surface area contributed by atoms with E-state index in [1.807, 2.05) is 0 Å². The van der Waals surface area contributed by atoms with Crippen LogP contribution in [0.3, 0.4) is 0 Å². The zero-order valence-corrected chi connectivity index (χ0v) is 21.6. The van der Waals surface area contributed by atoms with E-state index in [2.05, 4.69) is 5.32 Å². The number of sulfone groups is 1. The first kappa shape index (κ1) is 27.8. The molecule has 0 saturated heterocycles. The number of halogens is 4. The van der Waals surface area contributed by atoms with Gasteiger partial charge in [0.05, 0.1) is 32.5 Å². The number of nitrogens with one attached hydrogen (secondary N) is 1. The van der Waals surface area contributed by atoms with Crippen LogP contribution in [-0.4, -0.2) is 52.2 Å². The van der Waals surface area contributed by atoms with E-state index in [1.165, 1.54) is 26.0 Å². The van der Waals surface area contributed by atoms with Gasteiger partial charge in [0.15, 0.2) is 27.3 Å². The summed E-state index contributed by atoms with van der Waals surface area (Å²) in [7, 11) is -4.05. The quantitative estimate of drug-likeness (QED) is 0.381. The van der Waals surface area contributed by atoms with Gasteiger partial charge in [-0.25, -0.2) is 21.6 Å². The molecule has 4 N–H and O–H groups in total. The van der Waals surface area contributed by atoms with Crippen LogP contribution in [0.2, 0.25) is 5.02 Å². The highest BCUT2D eigenvalue weighted by atomic mass is 35.5. The molecule has 3 fully saturated rings. The average molecular weight is 562 g/mol. The maximum absolute atomic E-state index is 13.5. The number of anilines is 1. The highest BCUT2D eigenvalue weighted by molar-refractivity contribution is 7.92. The summed E-state index contributed by atoms with van der Waals surface area (Å²) in [6.07, 6.45) is -0.478. The zero-order chi connectivity index (χ0) is 27.5. The summed E-state index contributed by atoms with van der Waals surface area (Å²) in [6, 6.07) is 4.70. The third-order valence-corrected chi connectivity index (χ3v) is 10.2. The summed E-state index contributed by atoms with van der Waals surface area (Å²) in [6.45, 7) is 2.86. The normalized spacial score (nSPS) is 26.4. The standard InChI is InChI=1S/C25H27ClF3NO6S/c1-24(2,33)21(31)11-25(34)13-6-14(25)8-16(7-13)37(35,36)20-5-12(3-4-17(20)26)23(32)30-15-9-18(27)22(29)19(28)10-15/h3-5,9-10,13-14,16,21,31,33-34H,6-8,11H2,1-2H3,(H,30,32). The summed E-state index contributed by atoms with van der Waals surface area (Å²) in [5, 5.41) is 32.6. The van der Waals surface area contributed by atoms with Crippen LogP contribution in [0.25, 0.3) is 0 Å². The first-order chi connectivity index (χ1) is 17.0. The highest BCUT2D eigenvalue weighted by Crippen LogP contribution is 2.57. The Balaban J connectivity index is 1.53. The second-order valence-electron chi connectivity index (χ2n) is 10.5. The molecule has 0 aromatic heterocycles. The van der Waals surface area contributed by atoms with Gasteiger partial charge in [0.2, 0.25) is 0 Å². The van der Waals surface area contributed by atoms with Gasteiger partial charge in [-0.05, 0) is 63.1 Å². The van der Waals surface area contributed by atoms with Crippen molar-refractivity contribution < 1.29 is 41.7 Å². The first-order valence-corrected chi connectivity index (χ1v) is 13.6. The Labute approximate surface area is 217 Å². The second-order valence-corrected chi connectivity index (χ2v) is 13.1. The summed E-state index contributed by atoms with van der Waals surface area (Å²) < 4.78 is 67.1. The number of carbonyl (C=O) groups is 1. The molecule has 0 spiro atoms. The molecule has 0 heterocycles. The van der Waals surface area contributed by atoms with E-state index in [4.69, 9.17) is 11.6 Å². The van der Waals surface area contributed by atoms with E-state index >= 15 is 0 Å². The lowest BCUT2D eigenvalue weighted by Gasteiger charge is -2.59. The number of benzene rings is 2. The lowest BCUT2D eigenvalue weighted by atomic mass is 9.52. The monoisotopic (exact) mass is 561 g/mol. The van der Waals surface area contributed by atoms with Gasteiger partial charge in [0.1, 0.15) is 0 Å². The van der Waals surface area contributed by atoms with Crippen molar-refractivity contribution in [3.8, 4) is 0 Å². The minimum Gasteiger partial charge on any atom is -0.390 e. The molecule has 2 aromatic rings. The van der Waals surface area contributed by atoms with Crippen LogP contribution >= 0.6 is 11.6 Å². The summed E-state index contributed by atoms with van der Waals surface area (Å²) >= 11 is 6.18. The molecule has 3 saturated carbocycles. The fraction of sp³-hybridized carbons (Fsp3) is 0.480.